The number of carbonyl (C=O) groups excluding carboxylic acids is 6. The molecule has 18 rings (SSSR count). The zero-order chi connectivity index (χ0) is 83.1. The molecule has 0 spiro atoms. The fourth-order valence-electron chi connectivity index (χ4n) is 17.3. The first-order valence-electron chi connectivity index (χ1n) is 40.8. The predicted octanol–water partition coefficient (Wildman–Crippen LogP) is 13.0. The maximum Gasteiger partial charge on any atom is 0.244 e. The average Bonchev–Trinajstić information content (AvgIpc) is 1.65. The molecule has 0 radical (unpaired) electrons. The second-order valence-corrected chi connectivity index (χ2v) is 34.0. The van der Waals surface area contributed by atoms with Gasteiger partial charge in [0.1, 0.15) is 38.3 Å². The first-order chi connectivity index (χ1) is 58.3. The quantitative estimate of drug-likeness (QED) is 0.0435. The number of aromatic amines is 3. The van der Waals surface area contributed by atoms with Crippen LogP contribution in [0.3, 0.4) is 0 Å². The smallest absolute Gasteiger partial charge is 0.244 e. The van der Waals surface area contributed by atoms with E-state index in [0.29, 0.717) is 107 Å². The third-order valence-electron chi connectivity index (χ3n) is 24.3. The Morgan fingerprint density at radius 3 is 1.23 bits per heavy atom. The van der Waals surface area contributed by atoms with Gasteiger partial charge in [-0.15, -0.1) is 41.9 Å². The van der Waals surface area contributed by atoms with Crippen LogP contribution in [-0.4, -0.2) is 219 Å². The minimum atomic E-state index is -1.00. The summed E-state index contributed by atoms with van der Waals surface area (Å²) in [5.41, 5.74) is 12.1. The Morgan fingerprint density at radius 1 is 0.471 bits per heavy atom. The third-order valence-corrected chi connectivity index (χ3v) is 26.0. The van der Waals surface area contributed by atoms with E-state index in [1.54, 1.807) is 47.5 Å². The first-order valence-corrected chi connectivity index (χ1v) is 42.5. The van der Waals surface area contributed by atoms with Crippen LogP contribution in [0.2, 0.25) is 0 Å². The van der Waals surface area contributed by atoms with Crippen LogP contribution in [0, 0.1) is 80.0 Å². The number of rotatable bonds is 18. The number of carbonyl (C=O) groups is 6. The van der Waals surface area contributed by atoms with Crippen molar-refractivity contribution in [3.05, 3.63) is 190 Å². The standard InChI is InChI=1S/C32H34N6O2.C30H31N7O2S.C30H29N7O2S.CH4/c1-3-32(13-17-37(21-32)20-29(39)38-15-11-24(12-16-38)23-6-4-5-7-23)31(40)34-26-8-9-28-27(19-26)30(36-35-28)25-10-14-33-22(2)18-25;2*1-3-30(9-14-36(19-30)18-26(38)37-12-7-21(8-13-37)28-32-11-15-40-28)29(39)33-23-4-5-25-24(17-23)27(35-34-25)22-6-10-31-20(2)16-22;/h1,4,6-10,14,18-19,24H,5,11-13,15-17,20-21H2,2H3,(H,34,40)(H,35,36);1,4-6,10-11,15-17,21H,7-9,12-14,18-19H2,2H3,(H,33,39)(H,34,35);1,4-7,10-11,15-17H,8-9,12-14,18-19H2,2H3,(H,33,39)(H,34,35);1H4. The number of pyridine rings is 3. The lowest BCUT2D eigenvalue weighted by molar-refractivity contribution is -0.134. The number of aromatic nitrogens is 11. The summed E-state index contributed by atoms with van der Waals surface area (Å²) in [6, 6.07) is 28.6. The lowest BCUT2D eigenvalue weighted by Gasteiger charge is -2.33. The summed E-state index contributed by atoms with van der Waals surface area (Å²) in [4.78, 5) is 113. The number of amides is 6. The fraction of sp³-hybridized carbons (Fsp3) is 0.355. The van der Waals surface area contributed by atoms with E-state index in [-0.39, 0.29) is 56.0 Å². The monoisotopic (exact) mass is 1650 g/mol. The largest absolute Gasteiger partial charge is 0.342 e. The molecular formula is C93H98N20O6S2. The van der Waals surface area contributed by atoms with Gasteiger partial charge < -0.3 is 30.7 Å². The molecule has 11 aromatic rings. The molecule has 5 fully saturated rings. The molecule has 0 bridgehead atoms. The van der Waals surface area contributed by atoms with Crippen molar-refractivity contribution in [3.63, 3.8) is 0 Å². The highest BCUT2D eigenvalue weighted by atomic mass is 32.1. The van der Waals surface area contributed by atoms with E-state index >= 15 is 0 Å². The summed E-state index contributed by atoms with van der Waals surface area (Å²) < 4.78 is 0. The van der Waals surface area contributed by atoms with E-state index in [1.165, 1.54) is 11.1 Å². The molecule has 618 valence electrons. The number of nitrogens with zero attached hydrogens (tertiary/aromatic N) is 14. The van der Waals surface area contributed by atoms with Crippen LogP contribution < -0.4 is 16.0 Å². The molecule has 6 N–H and O–H groups in total. The minimum Gasteiger partial charge on any atom is -0.342 e. The average molecular weight is 1660 g/mol. The number of nitrogens with one attached hydrogen (secondary N) is 6. The molecule has 0 saturated carbocycles. The van der Waals surface area contributed by atoms with Gasteiger partial charge in [-0.2, -0.15) is 15.3 Å². The van der Waals surface area contributed by atoms with Crippen molar-refractivity contribution in [2.75, 3.05) is 114 Å². The molecular weight excluding hydrogens is 1560 g/mol. The summed E-state index contributed by atoms with van der Waals surface area (Å²) >= 11 is 3.30. The molecule has 26 nitrogen and oxygen atoms in total. The number of H-pyrrole nitrogens is 3. The zero-order valence-electron chi connectivity index (χ0n) is 67.4. The molecule has 3 aromatic carbocycles. The lowest BCUT2D eigenvalue weighted by atomic mass is 9.87. The Balaban J connectivity index is 0.000000141. The SMILES string of the molecule is C.C#CC1(C(=O)Nc2ccc3[nH]nc(-c4ccnc(C)c4)c3c2)CCN(CC(=O)N2CC=C(c3nccs3)CC2)C1.C#CC1(C(=O)Nc2ccc3[nH]nc(-c4ccnc(C)c4)c3c2)CCN(CC(=O)N2CCC(C3=CCC=C3)CC2)C1.C#CC1(C(=O)Nc2ccc3[nH]nc(-c4ccnc(C)c4)c3c2)CCN(CC(=O)N2CCC(c3nccs3)CC2)C1. The van der Waals surface area contributed by atoms with Crippen LogP contribution >= 0.6 is 22.7 Å². The van der Waals surface area contributed by atoms with Gasteiger partial charge in [0, 0.05) is 193 Å². The van der Waals surface area contributed by atoms with Crippen molar-refractivity contribution in [2.45, 2.75) is 91.9 Å². The number of terminal acetylenes is 3. The van der Waals surface area contributed by atoms with Crippen LogP contribution in [0.1, 0.15) is 98.2 Å². The highest BCUT2D eigenvalue weighted by molar-refractivity contribution is 7.10. The summed E-state index contributed by atoms with van der Waals surface area (Å²) in [5, 5.41) is 40.6. The molecule has 7 aliphatic rings. The van der Waals surface area contributed by atoms with Crippen LogP contribution in [0.25, 0.3) is 72.1 Å². The first kappa shape index (κ1) is 83.4. The van der Waals surface area contributed by atoms with Crippen molar-refractivity contribution in [3.8, 4) is 70.8 Å². The summed E-state index contributed by atoms with van der Waals surface area (Å²) in [6.45, 7) is 13.7. The van der Waals surface area contributed by atoms with Gasteiger partial charge in [0.15, 0.2) is 0 Å². The Hall–Kier alpha value is -12.6. The van der Waals surface area contributed by atoms with Crippen molar-refractivity contribution in [2.24, 2.45) is 22.2 Å². The van der Waals surface area contributed by atoms with Crippen molar-refractivity contribution < 1.29 is 28.8 Å². The Kier molecular flexibility index (Phi) is 25.2. The number of hydrogen-bond donors (Lipinski definition) is 6. The van der Waals surface area contributed by atoms with E-state index in [2.05, 4.69) is 114 Å². The van der Waals surface area contributed by atoms with Crippen LogP contribution in [0.5, 0.6) is 0 Å². The maximum absolute atomic E-state index is 13.5. The molecule has 121 heavy (non-hydrogen) atoms. The summed E-state index contributed by atoms with van der Waals surface area (Å²) in [6.07, 6.45) is 42.8. The Labute approximate surface area is 711 Å². The van der Waals surface area contributed by atoms with Gasteiger partial charge in [0.05, 0.1) is 41.2 Å². The molecule has 3 unspecified atom stereocenters. The van der Waals surface area contributed by atoms with Gasteiger partial charge in [-0.05, 0) is 187 Å². The topological polar surface area (TPSA) is 308 Å². The number of allylic oxidation sites excluding steroid dienone is 4. The molecule has 3 atom stereocenters. The number of thiazole rings is 2. The number of piperidine rings is 2. The van der Waals surface area contributed by atoms with Crippen LogP contribution in [0.15, 0.2) is 163 Å². The second-order valence-electron chi connectivity index (χ2n) is 32.2. The van der Waals surface area contributed by atoms with Gasteiger partial charge in [-0.3, -0.25) is 73.7 Å². The molecule has 1 aliphatic carbocycles. The molecule has 28 heteroatoms. The number of fused-ring (bicyclic) bond motifs is 3. The fourth-order valence-corrected chi connectivity index (χ4v) is 18.9. The van der Waals surface area contributed by atoms with Crippen molar-refractivity contribution >= 4 is 113 Å². The Bertz CT molecular complexity index is 5930. The van der Waals surface area contributed by atoms with E-state index in [9.17, 15) is 28.8 Å². The van der Waals surface area contributed by atoms with Crippen molar-refractivity contribution in [1.82, 2.24) is 84.9 Å². The van der Waals surface area contributed by atoms with Crippen LogP contribution in [-0.2, 0) is 28.8 Å². The third kappa shape index (κ3) is 18.4. The second kappa shape index (κ2) is 36.5. The van der Waals surface area contributed by atoms with E-state index in [4.69, 9.17) is 19.3 Å². The maximum atomic E-state index is 13.5. The number of likely N-dealkylation sites (tertiary alicyclic amines) is 5. The van der Waals surface area contributed by atoms with Gasteiger partial charge >= 0.3 is 0 Å². The van der Waals surface area contributed by atoms with Gasteiger partial charge in [0.25, 0.3) is 0 Å². The van der Waals surface area contributed by atoms with Crippen molar-refractivity contribution in [1.29, 1.82) is 0 Å². The van der Waals surface area contributed by atoms with Gasteiger partial charge in [-0.1, -0.05) is 49.5 Å². The van der Waals surface area contributed by atoms with Gasteiger partial charge in [-0.25, -0.2) is 9.97 Å². The number of benzene rings is 3. The van der Waals surface area contributed by atoms with Gasteiger partial charge in [0.2, 0.25) is 35.4 Å². The van der Waals surface area contributed by atoms with E-state index in [1.807, 2.05) is 158 Å². The normalized spacial score (nSPS) is 20.1. The Morgan fingerprint density at radius 2 is 0.876 bits per heavy atom. The molecule has 6 amide bonds. The minimum absolute atomic E-state index is 0. The van der Waals surface area contributed by atoms with E-state index in [0.717, 1.165) is 158 Å². The number of aryl methyl sites for hydroxylation is 3. The molecule has 6 aliphatic heterocycles. The summed E-state index contributed by atoms with van der Waals surface area (Å²) in [7, 11) is 0. The molecule has 14 heterocycles. The molecule has 8 aromatic heterocycles. The highest BCUT2D eigenvalue weighted by Gasteiger charge is 2.47. The summed E-state index contributed by atoms with van der Waals surface area (Å²) in [5.74, 6) is 8.87. The predicted molar refractivity (Wildman–Crippen MR) is 475 cm³/mol. The molecule has 5 saturated heterocycles. The highest BCUT2D eigenvalue weighted by Crippen LogP contribution is 2.40. The van der Waals surface area contributed by atoms with E-state index < -0.39 is 16.2 Å². The number of anilines is 3. The lowest BCUT2D eigenvalue weighted by Crippen LogP contribution is -2.45. The van der Waals surface area contributed by atoms with Crippen LogP contribution in [0.4, 0.5) is 17.1 Å². The number of hydrogen-bond acceptors (Lipinski definition) is 19. The zero-order valence-corrected chi connectivity index (χ0v) is 69.0.